The monoisotopic (exact) mass is 486 g/mol. The molecule has 2 fully saturated rings. The lowest BCUT2D eigenvalue weighted by Gasteiger charge is -2.29. The molecule has 2 heterocycles. The topological polar surface area (TPSA) is 197 Å². The minimum Gasteiger partial charge on any atom is -0.480 e. The minimum absolute atomic E-state index is 0.0756. The summed E-state index contributed by atoms with van der Waals surface area (Å²) in [5.41, 5.74) is 11.6. The third-order valence-electron chi connectivity index (χ3n) is 5.79. The number of hydrogen-bond acceptors (Lipinski definition) is 8. The molecule has 0 spiro atoms. The van der Waals surface area contributed by atoms with E-state index in [0.29, 0.717) is 38.8 Å². The van der Waals surface area contributed by atoms with Crippen molar-refractivity contribution >= 4 is 41.4 Å². The van der Waals surface area contributed by atoms with E-state index in [2.05, 4.69) is 16.0 Å². The minimum atomic E-state index is -1.18. The molecule has 186 valence electrons. The number of thioether (sulfide) groups is 1. The molecular weight excluding hydrogens is 452 g/mol. The van der Waals surface area contributed by atoms with Gasteiger partial charge in [-0.25, -0.2) is 4.79 Å². The van der Waals surface area contributed by atoms with Gasteiger partial charge in [-0.15, -0.1) is 0 Å². The van der Waals surface area contributed by atoms with E-state index in [1.165, 1.54) is 16.7 Å². The van der Waals surface area contributed by atoms with Crippen molar-refractivity contribution in [1.29, 1.82) is 0 Å². The number of nitrogens with zero attached hydrogens (tertiary/aromatic N) is 1. The highest BCUT2D eigenvalue weighted by atomic mass is 32.2. The van der Waals surface area contributed by atoms with Gasteiger partial charge < -0.3 is 37.4 Å². The van der Waals surface area contributed by atoms with Gasteiger partial charge in [-0.2, -0.15) is 11.8 Å². The Bertz CT molecular complexity index is 753. The SMILES string of the molecule is C[C@@H]1SC[C@@H](C(=O)N[C@@H](CCCCN)C(=O)O)NC(=O)CNC(=O)[C@@H]2CCCN2C(=O)[C@@H]1N. The summed E-state index contributed by atoms with van der Waals surface area (Å²) in [6, 6.07) is -3.77. The summed E-state index contributed by atoms with van der Waals surface area (Å²) in [5.74, 6) is -3.16. The molecule has 5 atom stereocenters. The van der Waals surface area contributed by atoms with Gasteiger partial charge in [0.25, 0.3) is 0 Å². The lowest BCUT2D eigenvalue weighted by molar-refractivity contribution is -0.142. The summed E-state index contributed by atoms with van der Waals surface area (Å²) in [5, 5.41) is 16.5. The molecule has 0 aromatic carbocycles. The second-order valence-corrected chi connectivity index (χ2v) is 9.69. The van der Waals surface area contributed by atoms with Crippen molar-refractivity contribution in [3.63, 3.8) is 0 Å². The smallest absolute Gasteiger partial charge is 0.326 e. The van der Waals surface area contributed by atoms with Gasteiger partial charge in [0.2, 0.25) is 23.6 Å². The Hall–Kier alpha value is -2.38. The molecule has 13 heteroatoms. The van der Waals surface area contributed by atoms with Gasteiger partial charge in [0.15, 0.2) is 0 Å². The summed E-state index contributed by atoms with van der Waals surface area (Å²) in [6.45, 7) is 2.20. The Balaban J connectivity index is 2.14. The van der Waals surface area contributed by atoms with Crippen LogP contribution in [0.15, 0.2) is 0 Å². The zero-order valence-corrected chi connectivity index (χ0v) is 19.6. The number of carbonyl (C=O) groups excluding carboxylic acids is 4. The van der Waals surface area contributed by atoms with E-state index in [1.54, 1.807) is 6.92 Å². The first-order valence-electron chi connectivity index (χ1n) is 11.1. The van der Waals surface area contributed by atoms with Crippen molar-refractivity contribution in [3.05, 3.63) is 0 Å². The lowest BCUT2D eigenvalue weighted by atomic mass is 10.1. The number of rotatable bonds is 7. The third kappa shape index (κ3) is 7.57. The number of nitrogens with two attached hydrogens (primary N) is 2. The number of nitrogens with one attached hydrogen (secondary N) is 3. The molecule has 4 amide bonds. The fourth-order valence-corrected chi connectivity index (χ4v) is 4.84. The van der Waals surface area contributed by atoms with Crippen molar-refractivity contribution in [1.82, 2.24) is 20.9 Å². The highest BCUT2D eigenvalue weighted by molar-refractivity contribution is 8.00. The fourth-order valence-electron chi connectivity index (χ4n) is 3.78. The highest BCUT2D eigenvalue weighted by Crippen LogP contribution is 2.22. The molecule has 2 rings (SSSR count). The summed E-state index contributed by atoms with van der Waals surface area (Å²) in [4.78, 5) is 63.7. The summed E-state index contributed by atoms with van der Waals surface area (Å²) in [7, 11) is 0. The number of fused-ring (bicyclic) bond motifs is 1. The zero-order chi connectivity index (χ0) is 24.5. The number of amides is 4. The normalized spacial score (nSPS) is 27.8. The number of carboxylic acid groups (broad SMARTS) is 1. The first-order chi connectivity index (χ1) is 15.6. The van der Waals surface area contributed by atoms with Crippen LogP contribution >= 0.6 is 11.8 Å². The van der Waals surface area contributed by atoms with Gasteiger partial charge in [-0.05, 0) is 38.6 Å². The molecule has 0 bridgehead atoms. The second-order valence-electron chi connectivity index (χ2n) is 8.28. The van der Waals surface area contributed by atoms with E-state index in [1.807, 2.05) is 0 Å². The molecular formula is C20H34N6O6S. The van der Waals surface area contributed by atoms with E-state index >= 15 is 0 Å². The van der Waals surface area contributed by atoms with E-state index in [-0.39, 0.29) is 24.6 Å². The third-order valence-corrected chi connectivity index (χ3v) is 7.14. The van der Waals surface area contributed by atoms with Gasteiger partial charge in [-0.1, -0.05) is 6.92 Å². The van der Waals surface area contributed by atoms with Gasteiger partial charge in [0.05, 0.1) is 12.6 Å². The first-order valence-corrected chi connectivity index (χ1v) is 12.2. The number of unbranched alkanes of at least 4 members (excludes halogenated alkanes) is 1. The predicted octanol–water partition coefficient (Wildman–Crippen LogP) is -2.26. The van der Waals surface area contributed by atoms with Gasteiger partial charge in [-0.3, -0.25) is 19.2 Å². The predicted molar refractivity (Wildman–Crippen MR) is 122 cm³/mol. The van der Waals surface area contributed by atoms with Crippen LogP contribution in [-0.4, -0.2) is 94.4 Å². The second kappa shape index (κ2) is 12.8. The largest absolute Gasteiger partial charge is 0.480 e. The van der Waals surface area contributed by atoms with Crippen LogP contribution in [0.1, 0.15) is 39.0 Å². The van der Waals surface area contributed by atoms with Crippen LogP contribution < -0.4 is 27.4 Å². The molecule has 0 radical (unpaired) electrons. The van der Waals surface area contributed by atoms with E-state index in [0.717, 1.165) is 0 Å². The standard InChI is InChI=1S/C20H34N6O6S/c1-11-16(22)19(30)26-8-4-6-14(26)18(29)23-9-15(27)24-13(10-33-11)17(28)25-12(20(31)32)5-2-3-7-21/h11-14,16H,2-10,21-22H2,1H3,(H,23,29)(H,24,27)(H,25,28)(H,31,32)/t11-,12-,13-,14-,16+/m0/s1. The Morgan fingerprint density at radius 3 is 2.70 bits per heavy atom. The number of carboxylic acids is 1. The molecule has 0 saturated carbocycles. The van der Waals surface area contributed by atoms with Crippen LogP contribution in [-0.2, 0) is 24.0 Å². The van der Waals surface area contributed by atoms with Gasteiger partial charge in [0.1, 0.15) is 18.1 Å². The van der Waals surface area contributed by atoms with E-state index in [4.69, 9.17) is 11.5 Å². The van der Waals surface area contributed by atoms with Gasteiger partial charge in [0, 0.05) is 17.5 Å². The van der Waals surface area contributed by atoms with Crippen LogP contribution in [0.3, 0.4) is 0 Å². The molecule has 33 heavy (non-hydrogen) atoms. The van der Waals surface area contributed by atoms with Crippen LogP contribution in [0.4, 0.5) is 0 Å². The summed E-state index contributed by atoms with van der Waals surface area (Å²) in [6.07, 6.45) is 2.50. The fraction of sp³-hybridized carbons (Fsp3) is 0.750. The van der Waals surface area contributed by atoms with Crippen LogP contribution in [0, 0.1) is 0 Å². The average Bonchev–Trinajstić information content (AvgIpc) is 3.27. The van der Waals surface area contributed by atoms with Crippen LogP contribution in [0.25, 0.3) is 0 Å². The molecule has 2 aliphatic rings. The average molecular weight is 487 g/mol. The molecule has 2 aliphatic heterocycles. The molecule has 8 N–H and O–H groups in total. The Morgan fingerprint density at radius 2 is 2.03 bits per heavy atom. The molecule has 0 aromatic heterocycles. The Labute approximate surface area is 196 Å². The first kappa shape index (κ1) is 26.9. The Morgan fingerprint density at radius 1 is 1.30 bits per heavy atom. The van der Waals surface area contributed by atoms with E-state index < -0.39 is 53.1 Å². The number of hydrogen-bond donors (Lipinski definition) is 6. The molecule has 12 nitrogen and oxygen atoms in total. The van der Waals surface area contributed by atoms with Gasteiger partial charge >= 0.3 is 5.97 Å². The number of aliphatic carboxylic acids is 1. The van der Waals surface area contributed by atoms with Crippen molar-refractivity contribution in [2.75, 3.05) is 25.4 Å². The Kier molecular flexibility index (Phi) is 10.4. The highest BCUT2D eigenvalue weighted by Gasteiger charge is 2.38. The van der Waals surface area contributed by atoms with Crippen molar-refractivity contribution in [3.8, 4) is 0 Å². The zero-order valence-electron chi connectivity index (χ0n) is 18.7. The maximum absolute atomic E-state index is 12.9. The lowest BCUT2D eigenvalue weighted by Crippen LogP contribution is -2.55. The summed E-state index contributed by atoms with van der Waals surface area (Å²) < 4.78 is 0. The number of carbonyl (C=O) groups is 5. The van der Waals surface area contributed by atoms with Crippen LogP contribution in [0.2, 0.25) is 0 Å². The molecule has 0 aliphatic carbocycles. The van der Waals surface area contributed by atoms with Crippen LogP contribution in [0.5, 0.6) is 0 Å². The maximum atomic E-state index is 12.9. The summed E-state index contributed by atoms with van der Waals surface area (Å²) >= 11 is 1.22. The quantitative estimate of drug-likeness (QED) is 0.215. The molecule has 0 aromatic rings. The van der Waals surface area contributed by atoms with Crippen molar-refractivity contribution < 1.29 is 29.1 Å². The maximum Gasteiger partial charge on any atom is 0.326 e. The van der Waals surface area contributed by atoms with E-state index in [9.17, 15) is 29.1 Å². The van der Waals surface area contributed by atoms with Crippen molar-refractivity contribution in [2.45, 2.75) is 68.4 Å². The molecule has 2 saturated heterocycles. The molecule has 0 unspecified atom stereocenters. The van der Waals surface area contributed by atoms with Crippen molar-refractivity contribution in [2.24, 2.45) is 11.5 Å².